The van der Waals surface area contributed by atoms with Crippen LogP contribution in [0.1, 0.15) is 19.3 Å². The molecule has 1 saturated heterocycles. The van der Waals surface area contributed by atoms with Crippen molar-refractivity contribution in [3.05, 3.63) is 28.7 Å². The maximum Gasteiger partial charge on any atom is 0.251 e. The highest BCUT2D eigenvalue weighted by Gasteiger charge is 2.14. The minimum atomic E-state index is -0.212. The Hall–Kier alpha value is -1.43. The van der Waals surface area contributed by atoms with E-state index < -0.39 is 0 Å². The van der Waals surface area contributed by atoms with Gasteiger partial charge in [-0.2, -0.15) is 11.8 Å². The van der Waals surface area contributed by atoms with Gasteiger partial charge in [0.15, 0.2) is 0 Å². The van der Waals surface area contributed by atoms with E-state index in [2.05, 4.69) is 5.32 Å². The van der Waals surface area contributed by atoms with E-state index in [-0.39, 0.29) is 18.0 Å². The fourth-order valence-electron chi connectivity index (χ4n) is 2.08. The van der Waals surface area contributed by atoms with E-state index in [0.717, 1.165) is 6.42 Å². The molecule has 0 saturated carbocycles. The van der Waals surface area contributed by atoms with Crippen molar-refractivity contribution in [3.63, 3.8) is 0 Å². The van der Waals surface area contributed by atoms with E-state index in [1.165, 1.54) is 41.5 Å². The molecule has 1 fully saturated rings. The quantitative estimate of drug-likeness (QED) is 0.857. The highest BCUT2D eigenvalue weighted by Crippen LogP contribution is 2.24. The third kappa shape index (κ3) is 4.31. The van der Waals surface area contributed by atoms with Crippen LogP contribution in [0.2, 0.25) is 0 Å². The second-order valence-electron chi connectivity index (χ2n) is 4.72. The summed E-state index contributed by atoms with van der Waals surface area (Å²) >= 11 is 1.91. The first-order valence-corrected chi connectivity index (χ1v) is 7.54. The Labute approximate surface area is 116 Å². The third-order valence-electron chi connectivity index (χ3n) is 3.12. The molecular formula is C13H19N3O2S. The van der Waals surface area contributed by atoms with Gasteiger partial charge >= 0.3 is 0 Å². The molecule has 5 nitrogen and oxygen atoms in total. The number of hydrogen-bond acceptors (Lipinski definition) is 4. The minimum Gasteiger partial charge on any atom is -0.398 e. The number of carbonyl (C=O) groups excluding carboxylic acids is 1. The summed E-state index contributed by atoms with van der Waals surface area (Å²) in [6.45, 7) is 0.710. The number of aromatic nitrogens is 1. The van der Waals surface area contributed by atoms with Crippen LogP contribution in [0.4, 0.5) is 5.69 Å². The summed E-state index contributed by atoms with van der Waals surface area (Å²) in [5.74, 6) is 1.04. The molecular weight excluding hydrogens is 262 g/mol. The van der Waals surface area contributed by atoms with Gasteiger partial charge in [0.2, 0.25) is 5.91 Å². The van der Waals surface area contributed by atoms with Crippen LogP contribution in [-0.4, -0.2) is 28.0 Å². The number of amides is 1. The number of nitrogen functional groups attached to an aromatic ring is 1. The van der Waals surface area contributed by atoms with Crippen LogP contribution in [0.5, 0.6) is 0 Å². The lowest BCUT2D eigenvalue weighted by Crippen LogP contribution is -2.36. The van der Waals surface area contributed by atoms with Crippen molar-refractivity contribution in [1.29, 1.82) is 0 Å². The fourth-order valence-corrected chi connectivity index (χ4v) is 3.32. The molecule has 1 unspecified atom stereocenters. The Morgan fingerprint density at radius 2 is 2.32 bits per heavy atom. The number of nitrogens with one attached hydrogen (secondary N) is 1. The molecule has 0 aliphatic carbocycles. The maximum absolute atomic E-state index is 11.8. The van der Waals surface area contributed by atoms with Crippen molar-refractivity contribution in [2.75, 3.05) is 18.0 Å². The average Bonchev–Trinajstić information content (AvgIpc) is 2.42. The smallest absolute Gasteiger partial charge is 0.251 e. The standard InChI is InChI=1S/C13H19N3O2S/c14-10-4-5-13(18)16(8-10)9-12(17)15-7-11-3-1-2-6-19-11/h4-5,8,11H,1-3,6-7,9,14H2,(H,15,17). The van der Waals surface area contributed by atoms with Crippen molar-refractivity contribution in [2.24, 2.45) is 0 Å². The molecule has 0 radical (unpaired) electrons. The third-order valence-corrected chi connectivity index (χ3v) is 4.52. The van der Waals surface area contributed by atoms with E-state index in [9.17, 15) is 9.59 Å². The van der Waals surface area contributed by atoms with E-state index in [0.29, 0.717) is 17.5 Å². The summed E-state index contributed by atoms with van der Waals surface area (Å²) in [7, 11) is 0. The lowest BCUT2D eigenvalue weighted by atomic mass is 10.2. The lowest BCUT2D eigenvalue weighted by Gasteiger charge is -2.21. The van der Waals surface area contributed by atoms with Crippen molar-refractivity contribution in [1.82, 2.24) is 9.88 Å². The van der Waals surface area contributed by atoms with Crippen LogP contribution in [0.15, 0.2) is 23.1 Å². The molecule has 104 valence electrons. The number of carbonyl (C=O) groups is 1. The Balaban J connectivity index is 1.83. The van der Waals surface area contributed by atoms with Gasteiger partial charge in [-0.05, 0) is 24.7 Å². The zero-order valence-corrected chi connectivity index (χ0v) is 11.6. The average molecular weight is 281 g/mol. The molecule has 1 atom stereocenters. The number of nitrogens with zero attached hydrogens (tertiary/aromatic N) is 1. The van der Waals surface area contributed by atoms with Gasteiger partial charge in [-0.3, -0.25) is 9.59 Å². The molecule has 1 amide bonds. The van der Waals surface area contributed by atoms with Crippen molar-refractivity contribution >= 4 is 23.4 Å². The van der Waals surface area contributed by atoms with E-state index in [1.807, 2.05) is 11.8 Å². The minimum absolute atomic E-state index is 0.0290. The second-order valence-corrected chi connectivity index (χ2v) is 6.13. The van der Waals surface area contributed by atoms with Crippen molar-refractivity contribution in [3.8, 4) is 0 Å². The van der Waals surface area contributed by atoms with Gasteiger partial charge in [0.1, 0.15) is 6.54 Å². The molecule has 19 heavy (non-hydrogen) atoms. The van der Waals surface area contributed by atoms with Crippen LogP contribution in [0.25, 0.3) is 0 Å². The first-order chi connectivity index (χ1) is 9.15. The van der Waals surface area contributed by atoms with Gasteiger partial charge in [0, 0.05) is 29.7 Å². The van der Waals surface area contributed by atoms with Crippen LogP contribution >= 0.6 is 11.8 Å². The number of nitrogens with two attached hydrogens (primary N) is 1. The molecule has 1 aliphatic rings. The van der Waals surface area contributed by atoms with Crippen molar-refractivity contribution in [2.45, 2.75) is 31.1 Å². The largest absolute Gasteiger partial charge is 0.398 e. The molecule has 3 N–H and O–H groups in total. The maximum atomic E-state index is 11.8. The highest BCUT2D eigenvalue weighted by molar-refractivity contribution is 7.99. The molecule has 1 aliphatic heterocycles. The molecule has 0 spiro atoms. The highest BCUT2D eigenvalue weighted by atomic mass is 32.2. The van der Waals surface area contributed by atoms with Crippen LogP contribution in [0.3, 0.4) is 0 Å². The zero-order chi connectivity index (χ0) is 13.7. The lowest BCUT2D eigenvalue weighted by molar-refractivity contribution is -0.121. The Bertz CT molecular complexity index is 495. The first kappa shape index (κ1) is 14.0. The van der Waals surface area contributed by atoms with Gasteiger partial charge in [0.05, 0.1) is 0 Å². The number of pyridine rings is 1. The molecule has 1 aromatic heterocycles. The van der Waals surface area contributed by atoms with E-state index in [4.69, 9.17) is 5.73 Å². The molecule has 2 heterocycles. The van der Waals surface area contributed by atoms with Crippen LogP contribution < -0.4 is 16.6 Å². The summed E-state index contributed by atoms with van der Waals surface area (Å²) in [4.78, 5) is 23.3. The number of rotatable bonds is 4. The normalized spacial score (nSPS) is 19.1. The van der Waals surface area contributed by atoms with Gasteiger partial charge in [-0.15, -0.1) is 0 Å². The van der Waals surface area contributed by atoms with E-state index >= 15 is 0 Å². The fraction of sp³-hybridized carbons (Fsp3) is 0.538. The SMILES string of the molecule is Nc1ccc(=O)n(CC(=O)NCC2CCCCS2)c1. The summed E-state index contributed by atoms with van der Waals surface area (Å²) in [6.07, 6.45) is 5.16. The van der Waals surface area contributed by atoms with Gasteiger partial charge in [0.25, 0.3) is 5.56 Å². The number of hydrogen-bond donors (Lipinski definition) is 2. The van der Waals surface area contributed by atoms with Gasteiger partial charge in [-0.1, -0.05) is 6.42 Å². The van der Waals surface area contributed by atoms with Crippen molar-refractivity contribution < 1.29 is 4.79 Å². The summed E-state index contributed by atoms with van der Waals surface area (Å²) < 4.78 is 1.33. The predicted molar refractivity (Wildman–Crippen MR) is 78.2 cm³/mol. The van der Waals surface area contributed by atoms with Gasteiger partial charge in [-0.25, -0.2) is 0 Å². The Morgan fingerprint density at radius 1 is 1.47 bits per heavy atom. The number of anilines is 1. The molecule has 6 heteroatoms. The Morgan fingerprint density at radius 3 is 3.05 bits per heavy atom. The van der Waals surface area contributed by atoms with E-state index in [1.54, 1.807) is 0 Å². The molecule has 2 rings (SSSR count). The first-order valence-electron chi connectivity index (χ1n) is 6.49. The summed E-state index contributed by atoms with van der Waals surface area (Å²) in [5, 5.41) is 3.40. The van der Waals surface area contributed by atoms with Crippen LogP contribution in [-0.2, 0) is 11.3 Å². The molecule has 0 aromatic carbocycles. The summed E-state index contributed by atoms with van der Waals surface area (Å²) in [6, 6.07) is 2.91. The molecule has 1 aromatic rings. The number of thioether (sulfide) groups is 1. The second kappa shape index (κ2) is 6.65. The predicted octanol–water partition coefficient (Wildman–Crippen LogP) is 0.832. The zero-order valence-electron chi connectivity index (χ0n) is 10.8. The topological polar surface area (TPSA) is 77.1 Å². The summed E-state index contributed by atoms with van der Waals surface area (Å²) in [5.41, 5.74) is 5.87. The van der Waals surface area contributed by atoms with Gasteiger partial charge < -0.3 is 15.6 Å². The Kier molecular flexibility index (Phi) is 4.90. The monoisotopic (exact) mass is 281 g/mol. The molecule has 0 bridgehead atoms. The van der Waals surface area contributed by atoms with Crippen LogP contribution in [0, 0.1) is 0 Å².